The summed E-state index contributed by atoms with van der Waals surface area (Å²) in [5.74, 6) is -0.0308. The van der Waals surface area contributed by atoms with E-state index in [9.17, 15) is 19.8 Å². The van der Waals surface area contributed by atoms with Gasteiger partial charge < -0.3 is 20.3 Å². The fourth-order valence-corrected chi connectivity index (χ4v) is 13.0. The lowest BCUT2D eigenvalue weighted by Crippen LogP contribution is -2.45. The van der Waals surface area contributed by atoms with Crippen LogP contribution in [-0.2, 0) is 14.3 Å². The first-order valence-electron chi connectivity index (χ1n) is 40.0. The predicted molar refractivity (Wildman–Crippen MR) is 380 cm³/mol. The SMILES string of the molecule is CCCCCCCCCCCCCCCCC/C=C/C(O)C(CO)NC(=O)CCCCCCCCCCCCCCCCCCCCCCCCCCCCCCCCCCCCCCCOC(=O)CCCCCCCCCCCCCCCCC. The van der Waals surface area contributed by atoms with E-state index >= 15 is 0 Å². The normalized spacial score (nSPS) is 12.5. The van der Waals surface area contributed by atoms with Crippen LogP contribution in [0.15, 0.2) is 12.2 Å². The van der Waals surface area contributed by atoms with Gasteiger partial charge >= 0.3 is 5.97 Å². The summed E-state index contributed by atoms with van der Waals surface area (Å²) in [5, 5.41) is 23.2. The molecule has 2 atom stereocenters. The Morgan fingerprint density at radius 2 is 0.535 bits per heavy atom. The van der Waals surface area contributed by atoms with Gasteiger partial charge in [-0.3, -0.25) is 9.59 Å². The third-order valence-electron chi connectivity index (χ3n) is 19.1. The van der Waals surface area contributed by atoms with Gasteiger partial charge in [0.2, 0.25) is 5.91 Å². The van der Waals surface area contributed by atoms with Crippen LogP contribution < -0.4 is 5.32 Å². The van der Waals surface area contributed by atoms with Crippen LogP contribution >= 0.6 is 0 Å². The molecule has 0 aromatic carbocycles. The van der Waals surface area contributed by atoms with Crippen molar-refractivity contribution < 1.29 is 24.5 Å². The van der Waals surface area contributed by atoms with Crippen molar-refractivity contribution in [2.75, 3.05) is 13.2 Å². The molecule has 1 amide bonds. The highest BCUT2D eigenvalue weighted by molar-refractivity contribution is 5.76. The molecule has 0 aromatic rings. The zero-order valence-electron chi connectivity index (χ0n) is 58.8. The van der Waals surface area contributed by atoms with Gasteiger partial charge in [-0.05, 0) is 32.1 Å². The molecule has 0 rings (SSSR count). The summed E-state index contributed by atoms with van der Waals surface area (Å²) >= 11 is 0. The second-order valence-electron chi connectivity index (χ2n) is 27.8. The van der Waals surface area contributed by atoms with Crippen molar-refractivity contribution in [3.05, 3.63) is 12.2 Å². The maximum atomic E-state index is 12.5. The number of aliphatic hydroxyl groups excluding tert-OH is 2. The van der Waals surface area contributed by atoms with Crippen LogP contribution in [0, 0.1) is 0 Å². The maximum Gasteiger partial charge on any atom is 0.305 e. The minimum atomic E-state index is -0.840. The lowest BCUT2D eigenvalue weighted by Gasteiger charge is -2.20. The van der Waals surface area contributed by atoms with E-state index < -0.39 is 12.1 Å². The topological polar surface area (TPSA) is 95.9 Å². The number of allylic oxidation sites excluding steroid dienone is 1. The molecule has 0 saturated heterocycles. The number of hydrogen-bond acceptors (Lipinski definition) is 5. The number of amides is 1. The standard InChI is InChI=1S/C80H157NO5/c1-3-5-7-9-11-13-15-17-19-41-45-48-52-56-60-64-68-72-78(83)77(76-82)81-79(84)73-69-65-61-57-53-49-46-42-39-37-35-33-31-29-27-25-23-21-20-22-24-26-28-30-32-34-36-38-40-43-47-51-55-59-63-67-71-75-86-80(85)74-70-66-62-58-54-50-44-18-16-14-12-10-8-6-4-2/h68,72,77-78,82-83H,3-67,69-71,73-76H2,1-2H3,(H,81,84)/b72-68+. The number of carbonyl (C=O) groups excluding carboxylic acids is 2. The van der Waals surface area contributed by atoms with E-state index in [1.807, 2.05) is 6.08 Å². The Morgan fingerprint density at radius 3 is 0.791 bits per heavy atom. The van der Waals surface area contributed by atoms with Crippen LogP contribution in [0.5, 0.6) is 0 Å². The summed E-state index contributed by atoms with van der Waals surface area (Å²) in [5.41, 5.74) is 0. The summed E-state index contributed by atoms with van der Waals surface area (Å²) in [6.45, 7) is 4.96. The number of carbonyl (C=O) groups is 2. The zero-order chi connectivity index (χ0) is 62.0. The van der Waals surface area contributed by atoms with Gasteiger partial charge in [-0.25, -0.2) is 0 Å². The van der Waals surface area contributed by atoms with Crippen molar-refractivity contribution in [2.24, 2.45) is 0 Å². The van der Waals surface area contributed by atoms with Crippen LogP contribution in [0.1, 0.15) is 463 Å². The molecule has 0 spiro atoms. The number of nitrogens with one attached hydrogen (secondary N) is 1. The van der Waals surface area contributed by atoms with Crippen molar-refractivity contribution in [3.8, 4) is 0 Å². The van der Waals surface area contributed by atoms with E-state index in [0.717, 1.165) is 38.5 Å². The van der Waals surface area contributed by atoms with Crippen LogP contribution in [0.2, 0.25) is 0 Å². The number of rotatable bonds is 76. The second kappa shape index (κ2) is 76.1. The van der Waals surface area contributed by atoms with Gasteiger partial charge in [0, 0.05) is 12.8 Å². The van der Waals surface area contributed by atoms with Crippen molar-refractivity contribution >= 4 is 11.9 Å². The quantitative estimate of drug-likeness (QED) is 0.0320. The Hall–Kier alpha value is -1.40. The van der Waals surface area contributed by atoms with Gasteiger partial charge in [0.1, 0.15) is 0 Å². The van der Waals surface area contributed by atoms with Gasteiger partial charge in [-0.1, -0.05) is 431 Å². The van der Waals surface area contributed by atoms with Crippen LogP contribution in [0.4, 0.5) is 0 Å². The Morgan fingerprint density at radius 1 is 0.314 bits per heavy atom. The van der Waals surface area contributed by atoms with Crippen LogP contribution in [0.25, 0.3) is 0 Å². The molecular weight excluding hydrogens is 1050 g/mol. The molecule has 2 unspecified atom stereocenters. The number of unbranched alkanes of at least 4 members (excludes halogenated alkanes) is 65. The third kappa shape index (κ3) is 71.7. The van der Waals surface area contributed by atoms with Crippen molar-refractivity contribution in [1.82, 2.24) is 5.32 Å². The van der Waals surface area contributed by atoms with Crippen molar-refractivity contribution in [2.45, 2.75) is 475 Å². The van der Waals surface area contributed by atoms with Gasteiger partial charge in [0.05, 0.1) is 25.4 Å². The highest BCUT2D eigenvalue weighted by Crippen LogP contribution is 2.20. The predicted octanol–water partition coefficient (Wildman–Crippen LogP) is 26.3. The molecule has 0 saturated carbocycles. The number of ether oxygens (including phenoxy) is 1. The van der Waals surface area contributed by atoms with Crippen molar-refractivity contribution in [1.29, 1.82) is 0 Å². The first kappa shape index (κ1) is 84.6. The fourth-order valence-electron chi connectivity index (χ4n) is 13.0. The first-order valence-corrected chi connectivity index (χ1v) is 40.0. The van der Waals surface area contributed by atoms with E-state index in [1.54, 1.807) is 6.08 Å². The van der Waals surface area contributed by atoms with Gasteiger partial charge in [-0.2, -0.15) is 0 Å². The van der Waals surface area contributed by atoms with E-state index in [0.29, 0.717) is 19.4 Å². The largest absolute Gasteiger partial charge is 0.466 e. The Kier molecular flexibility index (Phi) is 74.8. The highest BCUT2D eigenvalue weighted by Gasteiger charge is 2.18. The van der Waals surface area contributed by atoms with Gasteiger partial charge in [0.15, 0.2) is 0 Å². The number of hydrogen-bond donors (Lipinski definition) is 3. The molecule has 0 aliphatic carbocycles. The molecule has 512 valence electrons. The molecule has 3 N–H and O–H groups in total. The summed E-state index contributed by atoms with van der Waals surface area (Å²) in [4.78, 5) is 24.6. The lowest BCUT2D eigenvalue weighted by molar-refractivity contribution is -0.143. The van der Waals surface area contributed by atoms with Gasteiger partial charge in [-0.15, -0.1) is 0 Å². The van der Waals surface area contributed by atoms with Crippen LogP contribution in [0.3, 0.4) is 0 Å². The Labute approximate surface area is 539 Å². The fraction of sp³-hybridized carbons (Fsp3) is 0.950. The zero-order valence-corrected chi connectivity index (χ0v) is 58.8. The molecule has 0 heterocycles. The van der Waals surface area contributed by atoms with Crippen molar-refractivity contribution in [3.63, 3.8) is 0 Å². The summed E-state index contributed by atoms with van der Waals surface area (Å²) in [6, 6.07) is -0.623. The first-order chi connectivity index (χ1) is 42.5. The molecule has 6 nitrogen and oxygen atoms in total. The van der Waals surface area contributed by atoms with E-state index in [-0.39, 0.29) is 18.5 Å². The molecular formula is C80H157NO5. The number of esters is 1. The summed E-state index contributed by atoms with van der Waals surface area (Å²) in [6.07, 6.45) is 96.3. The average Bonchev–Trinajstić information content (AvgIpc) is 3.52. The molecule has 0 radical (unpaired) electrons. The van der Waals surface area contributed by atoms with E-state index in [4.69, 9.17) is 4.74 Å². The second-order valence-corrected chi connectivity index (χ2v) is 27.8. The minimum absolute atomic E-state index is 0.0272. The molecule has 0 aliphatic heterocycles. The minimum Gasteiger partial charge on any atom is -0.466 e. The smallest absolute Gasteiger partial charge is 0.305 e. The Bertz CT molecular complexity index is 1300. The molecule has 86 heavy (non-hydrogen) atoms. The van der Waals surface area contributed by atoms with E-state index in [2.05, 4.69) is 19.2 Å². The third-order valence-corrected chi connectivity index (χ3v) is 19.1. The number of aliphatic hydroxyl groups is 2. The molecule has 0 aromatic heterocycles. The molecule has 6 heteroatoms. The monoisotopic (exact) mass is 1210 g/mol. The van der Waals surface area contributed by atoms with Gasteiger partial charge in [0.25, 0.3) is 0 Å². The molecule has 0 fully saturated rings. The summed E-state index contributed by atoms with van der Waals surface area (Å²) in [7, 11) is 0. The average molecular weight is 1210 g/mol. The van der Waals surface area contributed by atoms with Crippen LogP contribution in [-0.4, -0.2) is 47.4 Å². The molecule has 0 bridgehead atoms. The van der Waals surface area contributed by atoms with E-state index in [1.165, 1.54) is 398 Å². The summed E-state index contributed by atoms with van der Waals surface area (Å²) < 4.78 is 5.51. The maximum absolute atomic E-state index is 12.5. The highest BCUT2D eigenvalue weighted by atomic mass is 16.5. The lowest BCUT2D eigenvalue weighted by atomic mass is 10.0. The molecule has 0 aliphatic rings. The Balaban J connectivity index is 3.30.